The third-order valence-corrected chi connectivity index (χ3v) is 21.6. The lowest BCUT2D eigenvalue weighted by Gasteiger charge is -2.25. The van der Waals surface area contributed by atoms with Gasteiger partial charge in [0, 0.05) is 64.0 Å². The van der Waals surface area contributed by atoms with Gasteiger partial charge < -0.3 is 43.3 Å². The van der Waals surface area contributed by atoms with Gasteiger partial charge in [0.25, 0.3) is 11.8 Å². The van der Waals surface area contributed by atoms with E-state index in [4.69, 9.17) is 23.7 Å². The molecular formula is C91H153F5N4O12. The molecular weight excluding hydrogens is 1440 g/mol. The number of nitrogens with zero attached hydrogens (tertiary/aromatic N) is 4. The fraction of sp³-hybridized carbons (Fsp3) is 0.791. The molecule has 0 aliphatic rings. The predicted molar refractivity (Wildman–Crippen MR) is 440 cm³/mol. The van der Waals surface area contributed by atoms with Crippen molar-refractivity contribution < 1.29 is 79.2 Å². The Hall–Kier alpha value is -5.70. The van der Waals surface area contributed by atoms with Crippen LogP contribution in [-0.4, -0.2) is 152 Å². The Labute approximate surface area is 674 Å². The molecule has 0 aliphatic heterocycles. The van der Waals surface area contributed by atoms with Crippen LogP contribution in [0, 0.1) is 29.1 Å². The van der Waals surface area contributed by atoms with Gasteiger partial charge in [-0.15, -0.1) is 0 Å². The normalized spacial score (nSPS) is 12.6. The Bertz CT molecular complexity index is 2600. The van der Waals surface area contributed by atoms with E-state index in [1.165, 1.54) is 15.9 Å². The molecule has 4 atom stereocenters. The van der Waals surface area contributed by atoms with Crippen molar-refractivity contribution in [2.45, 2.75) is 401 Å². The standard InChI is InChI=1S/C91H153F5N4O12/c1-11-19-39-53-75(15-5)108-79(101)57-43-31-23-27-35-47-63-99(64-48-36-28-24-32-44-58-80(102)109-76(16-6)54-40-20-12-2)67-51-61-97(9)89(105)72-69-73(71-74(70-72)91(107)112-88-86(95)84(93)83(92)85(94)87(88)96)90(106)98(10)62-52-68-100(65-49-37-29-25-33-45-59-81(103)110-77(17-7)55-41-21-13-3)66-50-38-30-26-34-46-60-82(104)111-78(18-8)56-42-22-14-4/h69-71,75-78H,11-68H2,1-10H3. The first-order valence-electron chi connectivity index (χ1n) is 44.7. The number of hydrogen-bond donors (Lipinski definition) is 0. The minimum Gasteiger partial charge on any atom is -0.462 e. The van der Waals surface area contributed by atoms with Crippen molar-refractivity contribution in [3.63, 3.8) is 0 Å². The summed E-state index contributed by atoms with van der Waals surface area (Å²) in [6.07, 6.45) is 46.0. The topological polar surface area (TPSA) is 179 Å². The van der Waals surface area contributed by atoms with E-state index in [0.717, 1.165) is 321 Å². The first-order chi connectivity index (χ1) is 54.1. The SMILES string of the molecule is CCCCCC(CC)OC(=O)CCCCCCCCN(CCCCCCCCC(=O)OC(CC)CCCCC)CCCN(C)C(=O)c1cc(C(=O)Oc2c(F)c(F)c(F)c(F)c2F)cc(C(=O)N(C)CCCN(CCCCCCCCC(=O)OC(CC)CCCCC)CCCCCCCCC(=O)OC(CC)CCCCC)c1. The smallest absolute Gasteiger partial charge is 0.343 e. The number of rotatable bonds is 72. The summed E-state index contributed by atoms with van der Waals surface area (Å²) >= 11 is 0. The van der Waals surface area contributed by atoms with Gasteiger partial charge in [-0.1, -0.05) is 209 Å². The van der Waals surface area contributed by atoms with Crippen molar-refractivity contribution in [1.82, 2.24) is 19.6 Å². The van der Waals surface area contributed by atoms with Crippen LogP contribution in [-0.2, 0) is 38.1 Å². The molecule has 644 valence electrons. The summed E-state index contributed by atoms with van der Waals surface area (Å²) in [7, 11) is 3.18. The third kappa shape index (κ3) is 46.7. The van der Waals surface area contributed by atoms with E-state index in [1.54, 1.807) is 14.1 Å². The van der Waals surface area contributed by atoms with Crippen molar-refractivity contribution in [3.05, 3.63) is 64.0 Å². The van der Waals surface area contributed by atoms with Crippen molar-refractivity contribution in [2.24, 2.45) is 0 Å². The summed E-state index contributed by atoms with van der Waals surface area (Å²) in [6, 6.07) is 3.51. The number of benzene rings is 2. The van der Waals surface area contributed by atoms with Gasteiger partial charge in [0.1, 0.15) is 24.4 Å². The van der Waals surface area contributed by atoms with Gasteiger partial charge in [-0.2, -0.15) is 8.78 Å². The van der Waals surface area contributed by atoms with Gasteiger partial charge in [0.15, 0.2) is 0 Å². The average molecular weight is 1590 g/mol. The molecule has 0 N–H and O–H groups in total. The molecule has 0 aromatic heterocycles. The molecule has 2 rings (SSSR count). The lowest BCUT2D eigenvalue weighted by molar-refractivity contribution is -0.150. The first kappa shape index (κ1) is 102. The van der Waals surface area contributed by atoms with Crippen LogP contribution >= 0.6 is 0 Å². The number of amides is 2. The van der Waals surface area contributed by atoms with Gasteiger partial charge in [0.05, 0.1) is 5.56 Å². The molecule has 0 heterocycles. The van der Waals surface area contributed by atoms with Gasteiger partial charge >= 0.3 is 29.8 Å². The second-order valence-corrected chi connectivity index (χ2v) is 31.5. The molecule has 2 aromatic rings. The molecule has 0 spiro atoms. The average Bonchev–Trinajstić information content (AvgIpc) is 0.789. The molecule has 0 saturated carbocycles. The molecule has 0 aliphatic carbocycles. The minimum absolute atomic E-state index is 0.0136. The van der Waals surface area contributed by atoms with Crippen LogP contribution in [0.3, 0.4) is 0 Å². The highest BCUT2D eigenvalue weighted by Gasteiger charge is 2.31. The number of halogens is 5. The lowest BCUT2D eigenvalue weighted by atomic mass is 10.0. The molecule has 2 aromatic carbocycles. The van der Waals surface area contributed by atoms with Crippen LogP contribution in [0.25, 0.3) is 0 Å². The van der Waals surface area contributed by atoms with E-state index < -0.39 is 58.2 Å². The van der Waals surface area contributed by atoms with Crippen molar-refractivity contribution in [3.8, 4) is 5.75 Å². The Balaban J connectivity index is 2.27. The third-order valence-electron chi connectivity index (χ3n) is 21.6. The molecule has 0 fully saturated rings. The maximum absolute atomic E-state index is 15.0. The quantitative estimate of drug-likeness (QED) is 0.0116. The maximum atomic E-state index is 15.0. The Morgan fingerprint density at radius 2 is 0.518 bits per heavy atom. The van der Waals surface area contributed by atoms with E-state index in [1.807, 2.05) is 0 Å². The van der Waals surface area contributed by atoms with Crippen LogP contribution in [0.4, 0.5) is 22.0 Å². The van der Waals surface area contributed by atoms with Crippen LogP contribution in [0.5, 0.6) is 5.75 Å². The number of carbonyl (C=O) groups excluding carboxylic acids is 7. The number of unbranched alkanes of at least 4 members (excludes halogenated alkanes) is 28. The summed E-state index contributed by atoms with van der Waals surface area (Å²) in [6.45, 7) is 22.1. The monoisotopic (exact) mass is 1590 g/mol. The van der Waals surface area contributed by atoms with Crippen molar-refractivity contribution in [1.29, 1.82) is 0 Å². The van der Waals surface area contributed by atoms with Crippen LogP contribution in [0.15, 0.2) is 18.2 Å². The van der Waals surface area contributed by atoms with E-state index in [-0.39, 0.29) is 72.5 Å². The fourth-order valence-electron chi connectivity index (χ4n) is 14.3. The number of carbonyl (C=O) groups is 7. The molecule has 0 bridgehead atoms. The summed E-state index contributed by atoms with van der Waals surface area (Å²) in [4.78, 5) is 101. The molecule has 2 amide bonds. The van der Waals surface area contributed by atoms with Gasteiger partial charge in [-0.25, -0.2) is 18.0 Å². The summed E-state index contributed by atoms with van der Waals surface area (Å²) in [5.41, 5.74) is -0.797. The Morgan fingerprint density at radius 1 is 0.286 bits per heavy atom. The minimum atomic E-state index is -2.44. The van der Waals surface area contributed by atoms with E-state index in [0.29, 0.717) is 51.6 Å². The van der Waals surface area contributed by atoms with E-state index in [2.05, 4.69) is 65.2 Å². The zero-order chi connectivity index (χ0) is 82.5. The maximum Gasteiger partial charge on any atom is 0.343 e. The first-order valence-corrected chi connectivity index (χ1v) is 44.7. The summed E-state index contributed by atoms with van der Waals surface area (Å²) in [5.74, 6) is -16.8. The highest BCUT2D eigenvalue weighted by molar-refractivity contribution is 6.03. The molecule has 112 heavy (non-hydrogen) atoms. The predicted octanol–water partition coefficient (Wildman–Crippen LogP) is 23.7. The molecule has 21 heteroatoms. The van der Waals surface area contributed by atoms with E-state index in [9.17, 15) is 46.7 Å². The molecule has 0 saturated heterocycles. The zero-order valence-electron chi connectivity index (χ0n) is 71.6. The molecule has 0 radical (unpaired) electrons. The summed E-state index contributed by atoms with van der Waals surface area (Å²) < 4.78 is 101. The number of ether oxygens (including phenoxy) is 5. The second-order valence-electron chi connectivity index (χ2n) is 31.5. The van der Waals surface area contributed by atoms with E-state index >= 15 is 8.78 Å². The highest BCUT2D eigenvalue weighted by Crippen LogP contribution is 2.31. The second kappa shape index (κ2) is 65.4. The van der Waals surface area contributed by atoms with Crippen LogP contribution < -0.4 is 4.74 Å². The largest absolute Gasteiger partial charge is 0.462 e. The summed E-state index contributed by atoms with van der Waals surface area (Å²) in [5, 5.41) is 0. The number of hydrogen-bond acceptors (Lipinski definition) is 14. The van der Waals surface area contributed by atoms with Crippen molar-refractivity contribution in [2.75, 3.05) is 66.5 Å². The zero-order valence-corrected chi connectivity index (χ0v) is 71.6. The fourth-order valence-corrected chi connectivity index (χ4v) is 14.3. The number of esters is 5. The Kier molecular flexibility index (Phi) is 59.8. The van der Waals surface area contributed by atoms with Gasteiger partial charge in [-0.3, -0.25) is 28.8 Å². The molecule has 16 nitrogen and oxygen atoms in total. The van der Waals surface area contributed by atoms with Crippen LogP contribution in [0.2, 0.25) is 0 Å². The van der Waals surface area contributed by atoms with Crippen LogP contribution in [0.1, 0.15) is 408 Å². The Morgan fingerprint density at radius 3 is 0.777 bits per heavy atom. The lowest BCUT2D eigenvalue weighted by Crippen LogP contribution is -2.34. The highest BCUT2D eigenvalue weighted by atomic mass is 19.2. The van der Waals surface area contributed by atoms with Crippen molar-refractivity contribution >= 4 is 41.7 Å². The molecule has 4 unspecified atom stereocenters. The van der Waals surface area contributed by atoms with Gasteiger partial charge in [-0.05, 0) is 199 Å². The van der Waals surface area contributed by atoms with Gasteiger partial charge in [0.2, 0.25) is 34.8 Å².